The third-order valence-electron chi connectivity index (χ3n) is 1.58. The van der Waals surface area contributed by atoms with Crippen LogP contribution in [-0.2, 0) is 0 Å². The van der Waals surface area contributed by atoms with Crippen LogP contribution in [0.25, 0.3) is 5.52 Å². The molecule has 0 aliphatic rings. The Morgan fingerprint density at radius 1 is 1.00 bits per heavy atom. The van der Waals surface area contributed by atoms with Gasteiger partial charge in [0, 0.05) is 6.20 Å². The van der Waals surface area contributed by atoms with Gasteiger partial charge in [-0.05, 0) is 22.6 Å². The molecule has 0 unspecified atom stereocenters. The molecule has 0 fully saturated rings. The van der Waals surface area contributed by atoms with Crippen LogP contribution in [0.15, 0.2) is 48.8 Å². The number of aromatic nitrogens is 4. The van der Waals surface area contributed by atoms with E-state index in [1.165, 1.54) is 0 Å². The first-order valence-electron chi connectivity index (χ1n) is 3.92. The SMILES string of the molecule is c1cccc2cnnnn2ccc1. The third kappa shape index (κ3) is 1.79. The van der Waals surface area contributed by atoms with Crippen molar-refractivity contribution in [3.05, 3.63) is 48.8 Å². The van der Waals surface area contributed by atoms with Crippen molar-refractivity contribution >= 4 is 5.52 Å². The second kappa shape index (κ2) is 3.62. The topological polar surface area (TPSA) is 43.1 Å². The average molecular weight is 172 g/mol. The summed E-state index contributed by atoms with van der Waals surface area (Å²) in [6.07, 6.45) is 3.48. The fraction of sp³-hybridized carbons (Fsp3) is 0. The van der Waals surface area contributed by atoms with Crippen molar-refractivity contribution in [2.75, 3.05) is 0 Å². The van der Waals surface area contributed by atoms with Crippen LogP contribution >= 0.6 is 0 Å². The summed E-state index contributed by atoms with van der Waals surface area (Å²) < 4.78 is 1.66. The largest absolute Gasteiger partial charge is 0.219 e. The normalized spacial score (nSPS) is 9.54. The van der Waals surface area contributed by atoms with Gasteiger partial charge in [0.1, 0.15) is 0 Å². The zero-order valence-corrected chi connectivity index (χ0v) is 6.91. The fourth-order valence-electron chi connectivity index (χ4n) is 0.975. The van der Waals surface area contributed by atoms with Gasteiger partial charge in [-0.1, -0.05) is 24.3 Å². The number of hydrogen-bond acceptors (Lipinski definition) is 3. The van der Waals surface area contributed by atoms with E-state index in [1.54, 1.807) is 10.7 Å². The number of fused-ring (bicyclic) bond motifs is 1. The second-order valence-corrected chi connectivity index (χ2v) is 2.47. The maximum atomic E-state index is 3.83. The van der Waals surface area contributed by atoms with Crippen molar-refractivity contribution in [2.45, 2.75) is 0 Å². The smallest absolute Gasteiger partial charge is 0.0865 e. The zero-order chi connectivity index (χ0) is 8.93. The summed E-state index contributed by atoms with van der Waals surface area (Å²) in [5, 5.41) is 11.1. The van der Waals surface area contributed by atoms with Crippen LogP contribution in [0.3, 0.4) is 0 Å². The van der Waals surface area contributed by atoms with Gasteiger partial charge in [0.2, 0.25) is 0 Å². The van der Waals surface area contributed by atoms with Gasteiger partial charge in [0.25, 0.3) is 0 Å². The van der Waals surface area contributed by atoms with Crippen LogP contribution < -0.4 is 0 Å². The molecule has 0 aliphatic heterocycles. The van der Waals surface area contributed by atoms with Gasteiger partial charge in [-0.15, -0.1) is 5.10 Å². The van der Waals surface area contributed by atoms with E-state index < -0.39 is 0 Å². The number of rotatable bonds is 0. The Labute approximate surface area is 75.2 Å². The van der Waals surface area contributed by atoms with Crippen LogP contribution in [-0.4, -0.2) is 20.0 Å². The predicted molar refractivity (Wildman–Crippen MR) is 48.4 cm³/mol. The molecule has 4 nitrogen and oxygen atoms in total. The number of nitrogens with zero attached hydrogens (tertiary/aromatic N) is 4. The highest BCUT2D eigenvalue weighted by Crippen LogP contribution is 1.92. The molecule has 13 heavy (non-hydrogen) atoms. The maximum Gasteiger partial charge on any atom is 0.0865 e. The second-order valence-electron chi connectivity index (χ2n) is 2.47. The molecule has 0 radical (unpaired) electrons. The minimum Gasteiger partial charge on any atom is -0.219 e. The molecule has 4 heteroatoms. The zero-order valence-electron chi connectivity index (χ0n) is 6.91. The molecule has 0 aromatic carbocycles. The molecule has 2 aromatic heterocycles. The molecule has 0 saturated heterocycles. The Balaban J connectivity index is 2.82. The molecule has 0 saturated carbocycles. The monoisotopic (exact) mass is 172 g/mol. The Morgan fingerprint density at radius 2 is 1.85 bits per heavy atom. The lowest BCUT2D eigenvalue weighted by atomic mass is 10.4. The average Bonchev–Trinajstić information content (AvgIpc) is 2.28. The first kappa shape index (κ1) is 7.67. The van der Waals surface area contributed by atoms with Gasteiger partial charge in [-0.2, -0.15) is 0 Å². The Bertz CT molecular complexity index is 407. The molecule has 0 atom stereocenters. The van der Waals surface area contributed by atoms with E-state index in [2.05, 4.69) is 15.5 Å². The summed E-state index contributed by atoms with van der Waals surface area (Å²) in [5.41, 5.74) is 0.895. The molecule has 0 aliphatic carbocycles. The van der Waals surface area contributed by atoms with E-state index in [1.807, 2.05) is 42.6 Å². The highest BCUT2D eigenvalue weighted by Gasteiger charge is 1.83. The van der Waals surface area contributed by atoms with Gasteiger partial charge in [-0.3, -0.25) is 0 Å². The van der Waals surface area contributed by atoms with Crippen LogP contribution in [0.2, 0.25) is 0 Å². The van der Waals surface area contributed by atoms with E-state index in [0.29, 0.717) is 0 Å². The molecule has 0 spiro atoms. The minimum atomic E-state index is 0.895. The molecule has 0 N–H and O–H groups in total. The van der Waals surface area contributed by atoms with Gasteiger partial charge < -0.3 is 0 Å². The van der Waals surface area contributed by atoms with Crippen molar-refractivity contribution < 1.29 is 0 Å². The Hall–Kier alpha value is -1.97. The van der Waals surface area contributed by atoms with Crippen molar-refractivity contribution in [2.24, 2.45) is 0 Å². The summed E-state index contributed by atoms with van der Waals surface area (Å²) in [6, 6.07) is 11.6. The van der Waals surface area contributed by atoms with Gasteiger partial charge >= 0.3 is 0 Å². The standard InChI is InChI=1S/C9H8N4/c1-2-4-6-9-8-10-11-12-13(9)7-5-3-1/h1-8H. The molecule has 2 aromatic rings. The van der Waals surface area contributed by atoms with Crippen molar-refractivity contribution in [3.63, 3.8) is 0 Å². The summed E-state index contributed by atoms with van der Waals surface area (Å²) in [5.74, 6) is 0. The summed E-state index contributed by atoms with van der Waals surface area (Å²) in [6.45, 7) is 0. The van der Waals surface area contributed by atoms with E-state index in [4.69, 9.17) is 0 Å². The van der Waals surface area contributed by atoms with Crippen LogP contribution in [0, 0.1) is 0 Å². The van der Waals surface area contributed by atoms with E-state index in [0.717, 1.165) is 5.52 Å². The lowest BCUT2D eigenvalue weighted by molar-refractivity contribution is 0.725. The van der Waals surface area contributed by atoms with Crippen LogP contribution in [0.5, 0.6) is 0 Å². The van der Waals surface area contributed by atoms with Gasteiger partial charge in [0.05, 0.1) is 11.7 Å². The molecule has 2 rings (SSSR count). The van der Waals surface area contributed by atoms with Crippen molar-refractivity contribution in [1.82, 2.24) is 20.0 Å². The maximum absolute atomic E-state index is 3.83. The molecular formula is C9H8N4. The van der Waals surface area contributed by atoms with Crippen molar-refractivity contribution in [3.8, 4) is 0 Å². The van der Waals surface area contributed by atoms with Crippen LogP contribution in [0.1, 0.15) is 0 Å². The Kier molecular flexibility index (Phi) is 2.14. The van der Waals surface area contributed by atoms with Crippen molar-refractivity contribution in [1.29, 1.82) is 0 Å². The summed E-state index contributed by atoms with van der Waals surface area (Å²) >= 11 is 0. The third-order valence-corrected chi connectivity index (χ3v) is 1.58. The predicted octanol–water partition coefficient (Wildman–Crippen LogP) is 1.25. The summed E-state index contributed by atoms with van der Waals surface area (Å²) in [7, 11) is 0. The first-order chi connectivity index (χ1) is 6.47. The summed E-state index contributed by atoms with van der Waals surface area (Å²) in [4.78, 5) is 0. The Morgan fingerprint density at radius 3 is 2.85 bits per heavy atom. The molecule has 64 valence electrons. The fourth-order valence-corrected chi connectivity index (χ4v) is 0.975. The quantitative estimate of drug-likeness (QED) is 0.600. The highest BCUT2D eigenvalue weighted by molar-refractivity contribution is 5.39. The molecule has 0 amide bonds. The lowest BCUT2D eigenvalue weighted by Crippen LogP contribution is -1.95. The van der Waals surface area contributed by atoms with Crippen LogP contribution in [0.4, 0.5) is 0 Å². The van der Waals surface area contributed by atoms with Gasteiger partial charge in [0.15, 0.2) is 0 Å². The molecule has 2 heterocycles. The lowest BCUT2D eigenvalue weighted by Gasteiger charge is -1.89. The van der Waals surface area contributed by atoms with E-state index >= 15 is 0 Å². The molecular weight excluding hydrogens is 164 g/mol. The molecule has 0 bridgehead atoms. The minimum absolute atomic E-state index is 0.895. The number of hydrogen-bond donors (Lipinski definition) is 0. The first-order valence-corrected chi connectivity index (χ1v) is 3.92. The van der Waals surface area contributed by atoms with E-state index in [-0.39, 0.29) is 0 Å². The highest BCUT2D eigenvalue weighted by atomic mass is 15.5. The van der Waals surface area contributed by atoms with Gasteiger partial charge in [-0.25, -0.2) is 4.52 Å². The van der Waals surface area contributed by atoms with E-state index in [9.17, 15) is 0 Å².